The fraction of sp³-hybridized carbons (Fsp3) is 0.333. The molecule has 0 amide bonds. The SMILES string of the molecule is C=C/C=C1\C(=C)CCC2C1PC1c3ccccc3CCC1C2c1ccccc1. The number of benzene rings is 2. The lowest BCUT2D eigenvalue weighted by atomic mass is 9.64. The molecule has 1 saturated carbocycles. The summed E-state index contributed by atoms with van der Waals surface area (Å²) in [5.74, 6) is 2.17. The molecule has 28 heavy (non-hydrogen) atoms. The zero-order chi connectivity index (χ0) is 19.1. The number of allylic oxidation sites excluding steroid dienone is 4. The van der Waals surface area contributed by atoms with Crippen LogP contribution in [-0.2, 0) is 6.42 Å². The van der Waals surface area contributed by atoms with Gasteiger partial charge in [-0.05, 0) is 65.7 Å². The first kappa shape index (κ1) is 18.1. The lowest BCUT2D eigenvalue weighted by Crippen LogP contribution is -2.41. The van der Waals surface area contributed by atoms with Crippen LogP contribution < -0.4 is 0 Å². The van der Waals surface area contributed by atoms with Gasteiger partial charge in [0, 0.05) is 11.3 Å². The smallest absolute Gasteiger partial charge is 0.00568 e. The van der Waals surface area contributed by atoms with Crippen LogP contribution in [0.25, 0.3) is 0 Å². The summed E-state index contributed by atoms with van der Waals surface area (Å²) in [7, 11) is 0.958. The van der Waals surface area contributed by atoms with E-state index in [0.717, 1.165) is 26.8 Å². The van der Waals surface area contributed by atoms with E-state index in [-0.39, 0.29) is 0 Å². The highest BCUT2D eigenvalue weighted by molar-refractivity contribution is 7.40. The van der Waals surface area contributed by atoms with Crippen molar-refractivity contribution in [2.24, 2.45) is 11.8 Å². The Hall–Kier alpha value is -1.91. The van der Waals surface area contributed by atoms with Crippen molar-refractivity contribution in [3.63, 3.8) is 0 Å². The molecule has 0 nitrogen and oxygen atoms in total. The molecule has 0 bridgehead atoms. The van der Waals surface area contributed by atoms with E-state index < -0.39 is 0 Å². The van der Waals surface area contributed by atoms with Crippen molar-refractivity contribution in [2.45, 2.75) is 42.9 Å². The molecule has 2 aliphatic carbocycles. The van der Waals surface area contributed by atoms with Crippen molar-refractivity contribution in [3.05, 3.63) is 108 Å². The quantitative estimate of drug-likeness (QED) is 0.480. The Morgan fingerprint density at radius 3 is 2.39 bits per heavy atom. The molecule has 5 rings (SSSR count). The molecule has 6 atom stereocenters. The van der Waals surface area contributed by atoms with Crippen LogP contribution in [0.15, 0.2) is 91.1 Å². The van der Waals surface area contributed by atoms with Crippen LogP contribution in [0.4, 0.5) is 0 Å². The Bertz CT molecular complexity index is 922. The fourth-order valence-corrected chi connectivity index (χ4v) is 8.69. The Morgan fingerprint density at radius 2 is 1.57 bits per heavy atom. The lowest BCUT2D eigenvalue weighted by Gasteiger charge is -2.53. The fourth-order valence-electron chi connectivity index (χ4n) is 6.12. The van der Waals surface area contributed by atoms with E-state index in [1.165, 1.54) is 30.4 Å². The first-order valence-corrected chi connectivity index (χ1v) is 11.8. The molecule has 1 saturated heterocycles. The molecule has 1 heterocycles. The molecule has 2 aromatic rings. The predicted molar refractivity (Wildman–Crippen MR) is 122 cm³/mol. The summed E-state index contributed by atoms with van der Waals surface area (Å²) in [5.41, 5.74) is 8.94. The first-order chi connectivity index (χ1) is 13.8. The second-order valence-electron chi connectivity index (χ2n) is 8.62. The molecule has 1 aliphatic heterocycles. The van der Waals surface area contributed by atoms with Crippen molar-refractivity contribution in [2.75, 3.05) is 0 Å². The highest BCUT2D eigenvalue weighted by Gasteiger charge is 2.49. The minimum Gasteiger partial charge on any atom is -0.106 e. The molecule has 2 fully saturated rings. The van der Waals surface area contributed by atoms with Gasteiger partial charge in [-0.25, -0.2) is 0 Å². The first-order valence-electron chi connectivity index (χ1n) is 10.7. The van der Waals surface area contributed by atoms with Gasteiger partial charge in [-0.1, -0.05) is 85.5 Å². The van der Waals surface area contributed by atoms with Crippen molar-refractivity contribution < 1.29 is 0 Å². The summed E-state index contributed by atoms with van der Waals surface area (Å²) in [6, 6.07) is 20.6. The van der Waals surface area contributed by atoms with Crippen LogP contribution >= 0.6 is 8.58 Å². The van der Waals surface area contributed by atoms with Gasteiger partial charge in [0.15, 0.2) is 0 Å². The lowest BCUT2D eigenvalue weighted by molar-refractivity contribution is 0.242. The Balaban J connectivity index is 1.64. The standard InChI is InChI=1S/C27H29P/c1-3-9-21-18(2)14-16-23-25(20-11-5-4-6-12-20)24-17-15-19-10-7-8-13-22(19)27(24)28-26(21)23/h3-13,23-28H,1-2,14-17H2/b21-9+. The second-order valence-corrected chi connectivity index (χ2v) is 10.2. The number of rotatable bonds is 2. The third kappa shape index (κ3) is 2.94. The van der Waals surface area contributed by atoms with E-state index in [4.69, 9.17) is 0 Å². The summed E-state index contributed by atoms with van der Waals surface area (Å²) in [4.78, 5) is 0. The van der Waals surface area contributed by atoms with E-state index in [9.17, 15) is 0 Å². The summed E-state index contributed by atoms with van der Waals surface area (Å²) in [5, 5.41) is 0. The molecular weight excluding hydrogens is 355 g/mol. The van der Waals surface area contributed by atoms with Gasteiger partial charge < -0.3 is 0 Å². The van der Waals surface area contributed by atoms with Gasteiger partial charge in [-0.2, -0.15) is 0 Å². The topological polar surface area (TPSA) is 0 Å². The summed E-state index contributed by atoms with van der Waals surface area (Å²) >= 11 is 0. The molecule has 2 aromatic carbocycles. The highest BCUT2D eigenvalue weighted by atomic mass is 31.1. The summed E-state index contributed by atoms with van der Waals surface area (Å²) in [6.07, 6.45) is 9.25. The Labute approximate surface area is 171 Å². The predicted octanol–water partition coefficient (Wildman–Crippen LogP) is 7.21. The monoisotopic (exact) mass is 384 g/mol. The number of hydrogen-bond acceptors (Lipinski definition) is 0. The molecule has 3 aliphatic rings. The Kier molecular flexibility index (Phi) is 4.85. The minimum atomic E-state index is 0.636. The molecule has 0 aromatic heterocycles. The van der Waals surface area contributed by atoms with Crippen LogP contribution in [-0.4, -0.2) is 5.66 Å². The maximum absolute atomic E-state index is 4.44. The van der Waals surface area contributed by atoms with E-state index in [1.54, 1.807) is 16.7 Å². The minimum absolute atomic E-state index is 0.636. The van der Waals surface area contributed by atoms with E-state index in [1.807, 2.05) is 6.08 Å². The molecule has 1 heteroatoms. The van der Waals surface area contributed by atoms with Gasteiger partial charge in [-0.15, -0.1) is 8.58 Å². The summed E-state index contributed by atoms with van der Waals surface area (Å²) in [6.45, 7) is 8.45. The van der Waals surface area contributed by atoms with Crippen molar-refractivity contribution >= 4 is 8.58 Å². The highest BCUT2D eigenvalue weighted by Crippen LogP contribution is 2.65. The zero-order valence-corrected chi connectivity index (χ0v) is 17.5. The number of hydrogen-bond donors (Lipinski definition) is 0. The molecule has 0 radical (unpaired) electrons. The van der Waals surface area contributed by atoms with Crippen molar-refractivity contribution in [1.82, 2.24) is 0 Å². The maximum Gasteiger partial charge on any atom is 0.00568 e. The van der Waals surface area contributed by atoms with Crippen LogP contribution in [0.3, 0.4) is 0 Å². The molecular formula is C27H29P. The number of fused-ring (bicyclic) bond motifs is 4. The third-order valence-electron chi connectivity index (χ3n) is 7.28. The van der Waals surface area contributed by atoms with Crippen LogP contribution in [0.5, 0.6) is 0 Å². The van der Waals surface area contributed by atoms with Gasteiger partial charge in [-0.3, -0.25) is 0 Å². The van der Waals surface area contributed by atoms with E-state index in [0.29, 0.717) is 17.2 Å². The van der Waals surface area contributed by atoms with E-state index >= 15 is 0 Å². The normalized spacial score (nSPS) is 33.8. The van der Waals surface area contributed by atoms with Gasteiger partial charge in [0.25, 0.3) is 0 Å². The summed E-state index contributed by atoms with van der Waals surface area (Å²) < 4.78 is 0. The van der Waals surface area contributed by atoms with Crippen LogP contribution in [0, 0.1) is 11.8 Å². The van der Waals surface area contributed by atoms with Crippen molar-refractivity contribution in [3.8, 4) is 0 Å². The molecule has 0 spiro atoms. The number of aryl methyl sites for hydroxylation is 1. The van der Waals surface area contributed by atoms with E-state index in [2.05, 4.69) is 73.8 Å². The second kappa shape index (κ2) is 7.49. The van der Waals surface area contributed by atoms with Crippen LogP contribution in [0.2, 0.25) is 0 Å². The molecule has 6 unspecified atom stereocenters. The van der Waals surface area contributed by atoms with Gasteiger partial charge in [0.2, 0.25) is 0 Å². The van der Waals surface area contributed by atoms with Gasteiger partial charge >= 0.3 is 0 Å². The van der Waals surface area contributed by atoms with Crippen molar-refractivity contribution in [1.29, 1.82) is 0 Å². The zero-order valence-electron chi connectivity index (χ0n) is 16.5. The average molecular weight is 385 g/mol. The molecule has 142 valence electrons. The average Bonchev–Trinajstić information content (AvgIpc) is 2.75. The largest absolute Gasteiger partial charge is 0.106 e. The molecule has 0 N–H and O–H groups in total. The van der Waals surface area contributed by atoms with Gasteiger partial charge in [0.1, 0.15) is 0 Å². The van der Waals surface area contributed by atoms with Crippen LogP contribution in [0.1, 0.15) is 47.5 Å². The third-order valence-corrected chi connectivity index (χ3v) is 9.48. The Morgan fingerprint density at radius 1 is 0.857 bits per heavy atom. The van der Waals surface area contributed by atoms with Gasteiger partial charge in [0.05, 0.1) is 0 Å². The maximum atomic E-state index is 4.44.